The summed E-state index contributed by atoms with van der Waals surface area (Å²) in [5.41, 5.74) is 0.139. The van der Waals surface area contributed by atoms with Gasteiger partial charge in [-0.05, 0) is 19.9 Å². The molecule has 0 aromatic rings. The normalized spacial score (nSPS) is 20.0. The van der Waals surface area contributed by atoms with Gasteiger partial charge in [-0.2, -0.15) is 0 Å². The third kappa shape index (κ3) is 2.33. The van der Waals surface area contributed by atoms with Crippen molar-refractivity contribution in [2.45, 2.75) is 32.2 Å². The lowest BCUT2D eigenvalue weighted by molar-refractivity contribution is 0.237. The molecule has 0 saturated heterocycles. The molecule has 0 radical (unpaired) electrons. The van der Waals surface area contributed by atoms with Crippen LogP contribution in [0.4, 0.5) is 0 Å². The Labute approximate surface area is 57.3 Å². The van der Waals surface area contributed by atoms with Gasteiger partial charge in [0.25, 0.3) is 0 Å². The van der Waals surface area contributed by atoms with Crippen molar-refractivity contribution in [2.75, 3.05) is 13.7 Å². The van der Waals surface area contributed by atoms with Crippen molar-refractivity contribution in [3.63, 3.8) is 0 Å². The molecular formula is C7H17NO. The number of hydrogen-bond donors (Lipinski definition) is 2. The molecule has 0 atom stereocenters. The van der Waals surface area contributed by atoms with Gasteiger partial charge in [0.15, 0.2) is 0 Å². The number of likely N-dealkylation sites (N-methyl/N-ethyl adjacent to an activating group) is 1. The number of aliphatic hydroxyl groups is 1. The second-order valence-corrected chi connectivity index (χ2v) is 2.19. The zero-order valence-corrected chi connectivity index (χ0v) is 6.57. The fraction of sp³-hybridized carbons (Fsp3) is 1.00. The van der Waals surface area contributed by atoms with E-state index in [1.54, 1.807) is 0 Å². The summed E-state index contributed by atoms with van der Waals surface area (Å²) in [7, 11) is 1.89. The van der Waals surface area contributed by atoms with Crippen LogP contribution < -0.4 is 5.32 Å². The van der Waals surface area contributed by atoms with Gasteiger partial charge in [0.1, 0.15) is 0 Å². The summed E-state index contributed by atoms with van der Waals surface area (Å²) in [5, 5.41) is 11.6. The third-order valence-corrected chi connectivity index (χ3v) is 1.69. The summed E-state index contributed by atoms with van der Waals surface area (Å²) < 4.78 is 0. The van der Waals surface area contributed by atoms with E-state index in [-0.39, 0.29) is 5.54 Å². The SMILES string of the molecule is CC.CNC1(CO)CC1. The lowest BCUT2D eigenvalue weighted by Gasteiger charge is -2.06. The topological polar surface area (TPSA) is 32.3 Å². The molecule has 2 nitrogen and oxygen atoms in total. The number of aliphatic hydroxyl groups excluding tert-OH is 1. The molecule has 2 N–H and O–H groups in total. The molecule has 0 spiro atoms. The highest BCUT2D eigenvalue weighted by Gasteiger charge is 2.39. The van der Waals surface area contributed by atoms with Crippen LogP contribution in [0.2, 0.25) is 0 Å². The van der Waals surface area contributed by atoms with Gasteiger partial charge in [-0.3, -0.25) is 0 Å². The molecule has 0 aliphatic heterocycles. The van der Waals surface area contributed by atoms with E-state index in [1.165, 1.54) is 0 Å². The predicted molar refractivity (Wildman–Crippen MR) is 39.5 cm³/mol. The summed E-state index contributed by atoms with van der Waals surface area (Å²) in [6, 6.07) is 0. The van der Waals surface area contributed by atoms with Crippen LogP contribution in [0.5, 0.6) is 0 Å². The highest BCUT2D eigenvalue weighted by Crippen LogP contribution is 2.33. The largest absolute Gasteiger partial charge is 0.394 e. The van der Waals surface area contributed by atoms with Crippen molar-refractivity contribution in [1.29, 1.82) is 0 Å². The Balaban J connectivity index is 0.000000291. The summed E-state index contributed by atoms with van der Waals surface area (Å²) in [5.74, 6) is 0. The minimum absolute atomic E-state index is 0.139. The Hall–Kier alpha value is -0.0800. The van der Waals surface area contributed by atoms with Crippen LogP contribution in [0.25, 0.3) is 0 Å². The van der Waals surface area contributed by atoms with E-state index in [9.17, 15) is 0 Å². The first kappa shape index (κ1) is 8.92. The molecule has 0 heterocycles. The van der Waals surface area contributed by atoms with Crippen LogP contribution in [0.1, 0.15) is 26.7 Å². The maximum Gasteiger partial charge on any atom is 0.0613 e. The maximum absolute atomic E-state index is 8.59. The van der Waals surface area contributed by atoms with E-state index in [0.29, 0.717) is 6.61 Å². The molecule has 1 aliphatic rings. The smallest absolute Gasteiger partial charge is 0.0613 e. The molecule has 0 aromatic carbocycles. The summed E-state index contributed by atoms with van der Waals surface area (Å²) in [6.45, 7) is 4.30. The molecule has 0 amide bonds. The van der Waals surface area contributed by atoms with Crippen LogP contribution in [0.15, 0.2) is 0 Å². The van der Waals surface area contributed by atoms with Crippen LogP contribution in [-0.2, 0) is 0 Å². The summed E-state index contributed by atoms with van der Waals surface area (Å²) in [6.07, 6.45) is 2.28. The molecule has 1 saturated carbocycles. The number of hydrogen-bond acceptors (Lipinski definition) is 2. The Morgan fingerprint density at radius 1 is 1.44 bits per heavy atom. The van der Waals surface area contributed by atoms with Crippen LogP contribution in [0, 0.1) is 0 Å². The standard InChI is InChI=1S/C5H11NO.C2H6/c1-6-5(4-7)2-3-5;1-2/h6-7H,2-4H2,1H3;1-2H3. The zero-order valence-electron chi connectivity index (χ0n) is 6.57. The second kappa shape index (κ2) is 3.85. The van der Waals surface area contributed by atoms with E-state index in [4.69, 9.17) is 5.11 Å². The van der Waals surface area contributed by atoms with Crippen molar-refractivity contribution in [2.24, 2.45) is 0 Å². The zero-order chi connectivity index (χ0) is 7.33. The average molecular weight is 131 g/mol. The average Bonchev–Trinajstić information content (AvgIpc) is 2.72. The van der Waals surface area contributed by atoms with E-state index in [1.807, 2.05) is 20.9 Å². The fourth-order valence-corrected chi connectivity index (χ4v) is 0.638. The Bertz CT molecular complexity index is 63.3. The van der Waals surface area contributed by atoms with E-state index < -0.39 is 0 Å². The monoisotopic (exact) mass is 131 g/mol. The first-order valence-electron chi connectivity index (χ1n) is 3.63. The molecule has 56 valence electrons. The molecule has 1 aliphatic carbocycles. The Morgan fingerprint density at radius 3 is 1.89 bits per heavy atom. The van der Waals surface area contributed by atoms with Gasteiger partial charge in [0, 0.05) is 5.54 Å². The van der Waals surface area contributed by atoms with Crippen molar-refractivity contribution in [1.82, 2.24) is 5.32 Å². The third-order valence-electron chi connectivity index (χ3n) is 1.69. The minimum atomic E-state index is 0.139. The maximum atomic E-state index is 8.59. The summed E-state index contributed by atoms with van der Waals surface area (Å²) >= 11 is 0. The highest BCUT2D eigenvalue weighted by atomic mass is 16.3. The Morgan fingerprint density at radius 2 is 1.89 bits per heavy atom. The number of rotatable bonds is 2. The lowest BCUT2D eigenvalue weighted by Crippen LogP contribution is -2.30. The molecule has 1 rings (SSSR count). The Kier molecular flexibility index (Phi) is 3.82. The molecule has 0 aromatic heterocycles. The molecular weight excluding hydrogens is 114 g/mol. The van der Waals surface area contributed by atoms with E-state index in [2.05, 4.69) is 5.32 Å². The summed E-state index contributed by atoms with van der Waals surface area (Å²) in [4.78, 5) is 0. The fourth-order valence-electron chi connectivity index (χ4n) is 0.638. The van der Waals surface area contributed by atoms with Crippen molar-refractivity contribution >= 4 is 0 Å². The molecule has 1 fully saturated rings. The van der Waals surface area contributed by atoms with Gasteiger partial charge in [-0.1, -0.05) is 13.8 Å². The van der Waals surface area contributed by atoms with E-state index >= 15 is 0 Å². The molecule has 0 bridgehead atoms. The second-order valence-electron chi connectivity index (χ2n) is 2.19. The first-order valence-corrected chi connectivity index (χ1v) is 3.63. The van der Waals surface area contributed by atoms with Gasteiger partial charge in [0.2, 0.25) is 0 Å². The number of nitrogens with one attached hydrogen (secondary N) is 1. The van der Waals surface area contributed by atoms with Gasteiger partial charge in [-0.25, -0.2) is 0 Å². The van der Waals surface area contributed by atoms with Crippen molar-refractivity contribution in [3.8, 4) is 0 Å². The van der Waals surface area contributed by atoms with Gasteiger partial charge in [-0.15, -0.1) is 0 Å². The van der Waals surface area contributed by atoms with Crippen LogP contribution in [-0.4, -0.2) is 24.3 Å². The molecule has 2 heteroatoms. The van der Waals surface area contributed by atoms with E-state index in [0.717, 1.165) is 12.8 Å². The van der Waals surface area contributed by atoms with Crippen molar-refractivity contribution in [3.05, 3.63) is 0 Å². The minimum Gasteiger partial charge on any atom is -0.394 e. The van der Waals surface area contributed by atoms with Crippen molar-refractivity contribution < 1.29 is 5.11 Å². The predicted octanol–water partition coefficient (Wildman–Crippen LogP) is 0.757. The van der Waals surface area contributed by atoms with Gasteiger partial charge in [0.05, 0.1) is 6.61 Å². The van der Waals surface area contributed by atoms with Crippen LogP contribution in [0.3, 0.4) is 0 Å². The van der Waals surface area contributed by atoms with Crippen LogP contribution >= 0.6 is 0 Å². The lowest BCUT2D eigenvalue weighted by atomic mass is 10.3. The van der Waals surface area contributed by atoms with Gasteiger partial charge < -0.3 is 10.4 Å². The molecule has 9 heavy (non-hydrogen) atoms. The highest BCUT2D eigenvalue weighted by molar-refractivity contribution is 5.00. The molecule has 0 unspecified atom stereocenters. The van der Waals surface area contributed by atoms with Gasteiger partial charge >= 0.3 is 0 Å². The quantitative estimate of drug-likeness (QED) is 0.580. The first-order chi connectivity index (χ1) is 4.33.